The molecule has 0 aromatic rings. The minimum Gasteiger partial charge on any atom is -0.313 e. The minimum atomic E-state index is -1.05. The first-order chi connectivity index (χ1) is 5.81. The lowest BCUT2D eigenvalue weighted by molar-refractivity contribution is 0.0964. The molecule has 2 aliphatic heterocycles. The van der Waals surface area contributed by atoms with Gasteiger partial charge in [0.15, 0.2) is 0 Å². The molecular weight excluding hydrogens is 155 g/mol. The van der Waals surface area contributed by atoms with Crippen LogP contribution in [0.1, 0.15) is 12.8 Å². The molecule has 3 heteroatoms. The monoisotopic (exact) mass is 170 g/mol. The maximum absolute atomic E-state index is 14.1. The topological polar surface area (TPSA) is 24.1 Å². The Bertz CT molecular complexity index is 185. The summed E-state index contributed by atoms with van der Waals surface area (Å²) in [6.45, 7) is 2.27. The summed E-state index contributed by atoms with van der Waals surface area (Å²) in [5, 5.41) is 6.24. The first-order valence-electron chi connectivity index (χ1n) is 4.61. The van der Waals surface area contributed by atoms with Crippen LogP contribution in [0.3, 0.4) is 0 Å². The van der Waals surface area contributed by atoms with Gasteiger partial charge >= 0.3 is 0 Å². The third-order valence-electron chi connectivity index (χ3n) is 2.71. The van der Waals surface area contributed by atoms with Gasteiger partial charge in [-0.15, -0.1) is 0 Å². The van der Waals surface area contributed by atoms with Crippen molar-refractivity contribution < 1.29 is 4.39 Å². The molecule has 2 atom stereocenters. The Labute approximate surface area is 72.2 Å². The molecule has 2 N–H and O–H groups in total. The summed E-state index contributed by atoms with van der Waals surface area (Å²) in [5.74, 6) is 0. The Kier molecular flexibility index (Phi) is 2.15. The second-order valence-electron chi connectivity index (χ2n) is 3.63. The van der Waals surface area contributed by atoms with Crippen molar-refractivity contribution in [3.8, 4) is 0 Å². The van der Waals surface area contributed by atoms with E-state index in [4.69, 9.17) is 0 Å². The molecule has 0 aliphatic carbocycles. The molecule has 0 bridgehead atoms. The van der Waals surface area contributed by atoms with Crippen LogP contribution in [-0.4, -0.2) is 31.3 Å². The Hall–Kier alpha value is -0.410. The van der Waals surface area contributed by atoms with Gasteiger partial charge in [0.05, 0.1) is 6.04 Å². The van der Waals surface area contributed by atoms with Crippen molar-refractivity contribution >= 4 is 0 Å². The summed E-state index contributed by atoms with van der Waals surface area (Å²) < 4.78 is 14.1. The molecule has 2 nitrogen and oxygen atoms in total. The molecule has 1 fully saturated rings. The third kappa shape index (κ3) is 1.39. The van der Waals surface area contributed by atoms with E-state index in [0.717, 1.165) is 19.5 Å². The molecule has 0 radical (unpaired) electrons. The number of piperidine rings is 1. The molecule has 0 saturated carbocycles. The average Bonchev–Trinajstić information content (AvgIpc) is 2.58. The van der Waals surface area contributed by atoms with Gasteiger partial charge in [-0.05, 0) is 19.4 Å². The van der Waals surface area contributed by atoms with E-state index in [9.17, 15) is 4.39 Å². The highest BCUT2D eigenvalue weighted by atomic mass is 19.1. The summed E-state index contributed by atoms with van der Waals surface area (Å²) in [7, 11) is 0. The number of hydrogen-bond acceptors (Lipinski definition) is 2. The smallest absolute Gasteiger partial charge is 0.142 e. The first kappa shape index (κ1) is 8.20. The van der Waals surface area contributed by atoms with Crippen molar-refractivity contribution in [2.24, 2.45) is 0 Å². The summed E-state index contributed by atoms with van der Waals surface area (Å²) in [6, 6.07) is -0.0645. The van der Waals surface area contributed by atoms with E-state index < -0.39 is 5.67 Å². The zero-order valence-electron chi connectivity index (χ0n) is 7.15. The molecule has 68 valence electrons. The summed E-state index contributed by atoms with van der Waals surface area (Å²) in [6.07, 6.45) is 5.58. The molecule has 0 aromatic heterocycles. The van der Waals surface area contributed by atoms with Gasteiger partial charge in [-0.1, -0.05) is 12.2 Å². The van der Waals surface area contributed by atoms with Gasteiger partial charge in [0.1, 0.15) is 5.67 Å². The van der Waals surface area contributed by atoms with E-state index >= 15 is 0 Å². The predicted molar refractivity (Wildman–Crippen MR) is 46.9 cm³/mol. The first-order valence-corrected chi connectivity index (χ1v) is 4.61. The molecule has 2 heterocycles. The Morgan fingerprint density at radius 3 is 3.00 bits per heavy atom. The van der Waals surface area contributed by atoms with Crippen LogP contribution in [0, 0.1) is 0 Å². The van der Waals surface area contributed by atoms with Crippen molar-refractivity contribution in [1.82, 2.24) is 10.6 Å². The summed E-state index contributed by atoms with van der Waals surface area (Å²) in [4.78, 5) is 0. The van der Waals surface area contributed by atoms with Crippen molar-refractivity contribution in [3.05, 3.63) is 12.2 Å². The molecule has 2 rings (SSSR count). The van der Waals surface area contributed by atoms with Gasteiger partial charge in [-0.25, -0.2) is 4.39 Å². The Balaban J connectivity index is 2.02. The largest absolute Gasteiger partial charge is 0.313 e. The van der Waals surface area contributed by atoms with Crippen molar-refractivity contribution in [2.75, 3.05) is 19.6 Å². The fourth-order valence-corrected chi connectivity index (χ4v) is 1.98. The minimum absolute atomic E-state index is 0.0645. The van der Waals surface area contributed by atoms with Gasteiger partial charge in [-0.2, -0.15) is 0 Å². The van der Waals surface area contributed by atoms with Gasteiger partial charge < -0.3 is 10.6 Å². The second kappa shape index (κ2) is 3.15. The second-order valence-corrected chi connectivity index (χ2v) is 3.63. The van der Waals surface area contributed by atoms with E-state index in [1.807, 2.05) is 12.2 Å². The van der Waals surface area contributed by atoms with Crippen LogP contribution in [0.4, 0.5) is 4.39 Å². The quantitative estimate of drug-likeness (QED) is 0.563. The third-order valence-corrected chi connectivity index (χ3v) is 2.71. The molecule has 12 heavy (non-hydrogen) atoms. The van der Waals surface area contributed by atoms with Crippen molar-refractivity contribution in [1.29, 1.82) is 0 Å². The number of hydrogen-bond donors (Lipinski definition) is 2. The lowest BCUT2D eigenvalue weighted by Crippen LogP contribution is -2.53. The van der Waals surface area contributed by atoms with Gasteiger partial charge in [0.2, 0.25) is 0 Å². The van der Waals surface area contributed by atoms with Crippen LogP contribution in [0.5, 0.6) is 0 Å². The van der Waals surface area contributed by atoms with E-state index in [-0.39, 0.29) is 6.04 Å². The number of nitrogens with one attached hydrogen (secondary N) is 2. The van der Waals surface area contributed by atoms with Gasteiger partial charge in [0, 0.05) is 13.1 Å². The van der Waals surface area contributed by atoms with Crippen LogP contribution in [-0.2, 0) is 0 Å². The Morgan fingerprint density at radius 1 is 1.50 bits per heavy atom. The van der Waals surface area contributed by atoms with Crippen LogP contribution < -0.4 is 10.6 Å². The molecular formula is C9H15FN2. The number of rotatable bonds is 1. The molecule has 0 spiro atoms. The molecule has 2 unspecified atom stereocenters. The average molecular weight is 170 g/mol. The fraction of sp³-hybridized carbons (Fsp3) is 0.778. The normalized spacial score (nSPS) is 41.9. The highest BCUT2D eigenvalue weighted by Gasteiger charge is 2.39. The van der Waals surface area contributed by atoms with Gasteiger partial charge in [-0.3, -0.25) is 0 Å². The number of alkyl halides is 1. The number of halogens is 1. The highest BCUT2D eigenvalue weighted by molar-refractivity contribution is 5.12. The van der Waals surface area contributed by atoms with Gasteiger partial charge in [0.25, 0.3) is 0 Å². The van der Waals surface area contributed by atoms with Crippen LogP contribution in [0.15, 0.2) is 12.2 Å². The molecule has 1 saturated heterocycles. The molecule has 0 aromatic carbocycles. The predicted octanol–water partition coefficient (Wildman–Crippen LogP) is 0.606. The lowest BCUT2D eigenvalue weighted by atomic mass is 9.89. The molecule has 0 amide bonds. The maximum Gasteiger partial charge on any atom is 0.142 e. The summed E-state index contributed by atoms with van der Waals surface area (Å²) >= 11 is 0. The highest BCUT2D eigenvalue weighted by Crippen LogP contribution is 2.26. The zero-order chi connectivity index (χ0) is 8.44. The van der Waals surface area contributed by atoms with E-state index in [0.29, 0.717) is 13.0 Å². The standard InChI is InChI=1S/C9H15FN2/c10-9(4-2-5-11-7-9)8-3-1-6-12-8/h1,3,8,11-12H,2,4-7H2. The van der Waals surface area contributed by atoms with E-state index in [1.54, 1.807) is 0 Å². The summed E-state index contributed by atoms with van der Waals surface area (Å²) in [5.41, 5.74) is -1.05. The van der Waals surface area contributed by atoms with Crippen LogP contribution >= 0.6 is 0 Å². The maximum atomic E-state index is 14.1. The van der Waals surface area contributed by atoms with Crippen LogP contribution in [0.25, 0.3) is 0 Å². The van der Waals surface area contributed by atoms with Crippen molar-refractivity contribution in [2.45, 2.75) is 24.6 Å². The molecule has 2 aliphatic rings. The van der Waals surface area contributed by atoms with E-state index in [1.165, 1.54) is 0 Å². The Morgan fingerprint density at radius 2 is 2.42 bits per heavy atom. The van der Waals surface area contributed by atoms with Crippen molar-refractivity contribution in [3.63, 3.8) is 0 Å². The lowest BCUT2D eigenvalue weighted by Gasteiger charge is -2.34. The van der Waals surface area contributed by atoms with Crippen LogP contribution in [0.2, 0.25) is 0 Å². The fourth-order valence-electron chi connectivity index (χ4n) is 1.98. The van der Waals surface area contributed by atoms with E-state index in [2.05, 4.69) is 10.6 Å². The SMILES string of the molecule is FC1(C2C=CCN2)CCCNC1. The zero-order valence-corrected chi connectivity index (χ0v) is 7.15.